The molecule has 0 atom stereocenters. The van der Waals surface area contributed by atoms with Gasteiger partial charge in [0.1, 0.15) is 6.61 Å². The Bertz CT molecular complexity index is 1010. The van der Waals surface area contributed by atoms with Gasteiger partial charge >= 0.3 is 5.69 Å². The van der Waals surface area contributed by atoms with E-state index in [4.69, 9.17) is 4.74 Å². The van der Waals surface area contributed by atoms with E-state index in [1.54, 1.807) is 12.1 Å². The first kappa shape index (κ1) is 18.2. The van der Waals surface area contributed by atoms with Crippen molar-refractivity contribution in [2.75, 3.05) is 0 Å². The molecule has 0 N–H and O–H groups in total. The molecular weight excluding hydrogens is 340 g/mol. The van der Waals surface area contributed by atoms with Gasteiger partial charge in [-0.25, -0.2) is 0 Å². The monoisotopic (exact) mass is 358 g/mol. The van der Waals surface area contributed by atoms with Crippen LogP contribution in [0.3, 0.4) is 0 Å². The Balaban J connectivity index is 1.88. The molecule has 0 spiro atoms. The standard InChI is InChI=1S/C22H18N2O3/c1-16-6-5-9-19(20(16)14-23)12-18-10-11-21(24(25)26)22(13-18)27-15-17-7-3-2-4-8-17/h2-11,13H,12,15H2,1H3. The van der Waals surface area contributed by atoms with E-state index in [-0.39, 0.29) is 18.0 Å². The second kappa shape index (κ2) is 8.15. The van der Waals surface area contributed by atoms with Crippen LogP contribution in [0.1, 0.15) is 27.8 Å². The van der Waals surface area contributed by atoms with Gasteiger partial charge in [0.25, 0.3) is 0 Å². The molecule has 0 saturated heterocycles. The molecule has 0 heterocycles. The SMILES string of the molecule is Cc1cccc(Cc2ccc([N+](=O)[O-])c(OCc3ccccc3)c2)c1C#N. The van der Waals surface area contributed by atoms with Crippen molar-refractivity contribution >= 4 is 5.69 Å². The summed E-state index contributed by atoms with van der Waals surface area (Å²) in [5.41, 5.74) is 4.16. The highest BCUT2D eigenvalue weighted by atomic mass is 16.6. The lowest BCUT2D eigenvalue weighted by Gasteiger charge is -2.10. The van der Waals surface area contributed by atoms with Gasteiger partial charge in [0.2, 0.25) is 0 Å². The molecular formula is C22H18N2O3. The second-order valence-electron chi connectivity index (χ2n) is 6.23. The molecule has 3 rings (SSSR count). The summed E-state index contributed by atoms with van der Waals surface area (Å²) in [6, 6.07) is 22.3. The Hall–Kier alpha value is -3.65. The van der Waals surface area contributed by atoms with E-state index in [2.05, 4.69) is 6.07 Å². The molecule has 0 radical (unpaired) electrons. The van der Waals surface area contributed by atoms with Crippen LogP contribution in [-0.4, -0.2) is 4.92 Å². The first-order chi connectivity index (χ1) is 13.1. The fourth-order valence-corrected chi connectivity index (χ4v) is 2.93. The quantitative estimate of drug-likeness (QED) is 0.462. The van der Waals surface area contributed by atoms with Crippen LogP contribution in [-0.2, 0) is 13.0 Å². The smallest absolute Gasteiger partial charge is 0.310 e. The summed E-state index contributed by atoms with van der Waals surface area (Å²) in [5, 5.41) is 20.7. The lowest BCUT2D eigenvalue weighted by Crippen LogP contribution is -2.01. The van der Waals surface area contributed by atoms with E-state index in [9.17, 15) is 15.4 Å². The summed E-state index contributed by atoms with van der Waals surface area (Å²) in [4.78, 5) is 10.9. The Labute approximate surface area is 157 Å². The van der Waals surface area contributed by atoms with Crippen LogP contribution in [0, 0.1) is 28.4 Å². The molecule has 0 bridgehead atoms. The largest absolute Gasteiger partial charge is 0.482 e. The third-order valence-electron chi connectivity index (χ3n) is 4.32. The number of hydrogen-bond acceptors (Lipinski definition) is 4. The van der Waals surface area contributed by atoms with Crippen LogP contribution in [0.2, 0.25) is 0 Å². The minimum atomic E-state index is -0.447. The Morgan fingerprint density at radius 3 is 2.52 bits per heavy atom. The number of nitriles is 1. The Morgan fingerprint density at radius 2 is 1.81 bits per heavy atom. The molecule has 3 aromatic rings. The molecule has 0 saturated carbocycles. The highest BCUT2D eigenvalue weighted by Crippen LogP contribution is 2.30. The fourth-order valence-electron chi connectivity index (χ4n) is 2.93. The summed E-state index contributed by atoms with van der Waals surface area (Å²) in [5.74, 6) is 0.229. The number of nitrogens with zero attached hydrogens (tertiary/aromatic N) is 2. The maximum Gasteiger partial charge on any atom is 0.310 e. The molecule has 0 aromatic heterocycles. The van der Waals surface area contributed by atoms with Crippen LogP contribution < -0.4 is 4.74 Å². The zero-order valence-corrected chi connectivity index (χ0v) is 14.9. The summed E-state index contributed by atoms with van der Waals surface area (Å²) >= 11 is 0. The van der Waals surface area contributed by atoms with Crippen molar-refractivity contribution in [3.05, 3.63) is 105 Å². The fraction of sp³-hybridized carbons (Fsp3) is 0.136. The van der Waals surface area contributed by atoms with Gasteiger partial charge in [-0.3, -0.25) is 10.1 Å². The van der Waals surface area contributed by atoms with Gasteiger partial charge in [-0.05, 0) is 41.7 Å². The van der Waals surface area contributed by atoms with E-state index in [0.717, 1.165) is 22.3 Å². The molecule has 3 aromatic carbocycles. The van der Waals surface area contributed by atoms with Crippen molar-refractivity contribution in [3.63, 3.8) is 0 Å². The summed E-state index contributed by atoms with van der Waals surface area (Å²) in [6.45, 7) is 2.14. The maximum absolute atomic E-state index is 11.3. The molecule has 5 heteroatoms. The van der Waals surface area contributed by atoms with Gasteiger partial charge < -0.3 is 4.74 Å². The molecule has 0 amide bonds. The van der Waals surface area contributed by atoms with Crippen LogP contribution in [0.25, 0.3) is 0 Å². The van der Waals surface area contributed by atoms with Crippen molar-refractivity contribution in [3.8, 4) is 11.8 Å². The molecule has 134 valence electrons. The minimum Gasteiger partial charge on any atom is -0.482 e. The lowest BCUT2D eigenvalue weighted by molar-refractivity contribution is -0.386. The number of rotatable bonds is 6. The number of hydrogen-bond donors (Lipinski definition) is 0. The van der Waals surface area contributed by atoms with Gasteiger partial charge in [-0.15, -0.1) is 0 Å². The van der Waals surface area contributed by atoms with Gasteiger partial charge in [0, 0.05) is 6.07 Å². The third kappa shape index (κ3) is 4.31. The van der Waals surface area contributed by atoms with Crippen LogP contribution in [0.4, 0.5) is 5.69 Å². The summed E-state index contributed by atoms with van der Waals surface area (Å²) in [7, 11) is 0. The van der Waals surface area contributed by atoms with Gasteiger partial charge in [0.15, 0.2) is 5.75 Å². The van der Waals surface area contributed by atoms with E-state index in [1.807, 2.05) is 55.5 Å². The number of ether oxygens (including phenoxy) is 1. The topological polar surface area (TPSA) is 76.2 Å². The van der Waals surface area contributed by atoms with Crippen molar-refractivity contribution in [2.24, 2.45) is 0 Å². The van der Waals surface area contributed by atoms with E-state index >= 15 is 0 Å². The first-order valence-electron chi connectivity index (χ1n) is 8.51. The molecule has 5 nitrogen and oxygen atoms in total. The lowest BCUT2D eigenvalue weighted by atomic mass is 9.97. The molecule has 0 fully saturated rings. The van der Waals surface area contributed by atoms with Crippen molar-refractivity contribution < 1.29 is 9.66 Å². The van der Waals surface area contributed by atoms with Crippen LogP contribution in [0.5, 0.6) is 5.75 Å². The van der Waals surface area contributed by atoms with Crippen molar-refractivity contribution in [2.45, 2.75) is 20.0 Å². The average Bonchev–Trinajstić information content (AvgIpc) is 2.67. The zero-order valence-electron chi connectivity index (χ0n) is 14.9. The van der Waals surface area contributed by atoms with Crippen LogP contribution >= 0.6 is 0 Å². The van der Waals surface area contributed by atoms with Crippen LogP contribution in [0.15, 0.2) is 66.7 Å². The Kier molecular flexibility index (Phi) is 5.48. The molecule has 0 unspecified atom stereocenters. The number of aryl methyl sites for hydroxylation is 1. The van der Waals surface area contributed by atoms with Gasteiger partial charge in [0.05, 0.1) is 16.6 Å². The number of nitro groups is 1. The minimum absolute atomic E-state index is 0.0700. The molecule has 0 aliphatic carbocycles. The maximum atomic E-state index is 11.3. The zero-order chi connectivity index (χ0) is 19.2. The third-order valence-corrected chi connectivity index (χ3v) is 4.32. The second-order valence-corrected chi connectivity index (χ2v) is 6.23. The van der Waals surface area contributed by atoms with Gasteiger partial charge in [-0.1, -0.05) is 54.6 Å². The summed E-state index contributed by atoms with van der Waals surface area (Å²) < 4.78 is 5.74. The average molecular weight is 358 g/mol. The first-order valence-corrected chi connectivity index (χ1v) is 8.51. The van der Waals surface area contributed by atoms with E-state index in [0.29, 0.717) is 12.0 Å². The molecule has 0 aliphatic rings. The van der Waals surface area contributed by atoms with Gasteiger partial charge in [-0.2, -0.15) is 5.26 Å². The predicted octanol–water partition coefficient (Wildman–Crippen LogP) is 4.94. The molecule has 0 aliphatic heterocycles. The van der Waals surface area contributed by atoms with Crippen molar-refractivity contribution in [1.82, 2.24) is 0 Å². The number of benzene rings is 3. The summed E-state index contributed by atoms with van der Waals surface area (Å²) in [6.07, 6.45) is 0.504. The van der Waals surface area contributed by atoms with Crippen molar-refractivity contribution in [1.29, 1.82) is 5.26 Å². The van der Waals surface area contributed by atoms with E-state index in [1.165, 1.54) is 6.07 Å². The predicted molar refractivity (Wildman–Crippen MR) is 103 cm³/mol. The van der Waals surface area contributed by atoms with E-state index < -0.39 is 4.92 Å². The Morgan fingerprint density at radius 1 is 1.04 bits per heavy atom. The number of nitro benzene ring substituents is 1. The highest BCUT2D eigenvalue weighted by molar-refractivity contribution is 5.51. The normalized spacial score (nSPS) is 10.2. The highest BCUT2D eigenvalue weighted by Gasteiger charge is 2.17. The molecule has 27 heavy (non-hydrogen) atoms.